The van der Waals surface area contributed by atoms with Gasteiger partial charge in [0, 0.05) is 5.02 Å². The smallest absolute Gasteiger partial charge is 0.128 e. The molecule has 0 aromatic heterocycles. The topological polar surface area (TPSA) is 29.5 Å². The van der Waals surface area contributed by atoms with E-state index in [1.54, 1.807) is 18.2 Å². The summed E-state index contributed by atoms with van der Waals surface area (Å²) in [6.07, 6.45) is 0. The van der Waals surface area contributed by atoms with Crippen LogP contribution >= 0.6 is 11.6 Å². The Balaban J connectivity index is 2.20. The number of hydrogen-bond acceptors (Lipinski definition) is 2. The molecule has 2 nitrogen and oxygen atoms in total. The van der Waals surface area contributed by atoms with Crippen molar-refractivity contribution in [2.45, 2.75) is 6.61 Å². The highest BCUT2D eigenvalue weighted by Gasteiger charge is 2.02. The van der Waals surface area contributed by atoms with Gasteiger partial charge in [-0.25, -0.2) is 0 Å². The van der Waals surface area contributed by atoms with E-state index in [4.69, 9.17) is 21.4 Å². The molecule has 0 aliphatic heterocycles. The van der Waals surface area contributed by atoms with Gasteiger partial charge in [-0.1, -0.05) is 35.9 Å². The Kier molecular flexibility index (Phi) is 3.44. The van der Waals surface area contributed by atoms with Gasteiger partial charge in [0.25, 0.3) is 0 Å². The normalized spacial score (nSPS) is 10.1. The maximum atomic E-state index is 8.97. The molecule has 2 rings (SSSR count). The lowest BCUT2D eigenvalue weighted by atomic mass is 10.2. The Hall–Kier alpha value is -1.51. The van der Waals surface area contributed by atoms with Crippen LogP contribution in [0.5, 0.6) is 11.5 Å². The molecule has 0 fully saturated rings. The number of para-hydroxylation sites is 1. The molecule has 2 aromatic carbocycles. The first-order chi connectivity index (χ1) is 7.79. The van der Waals surface area contributed by atoms with E-state index in [1.807, 2.05) is 30.3 Å². The largest absolute Gasteiger partial charge is 0.457 e. The summed E-state index contributed by atoms with van der Waals surface area (Å²) in [5.74, 6) is 1.42. The molecule has 0 radical (unpaired) electrons. The number of benzene rings is 2. The molecule has 3 heteroatoms. The molecule has 82 valence electrons. The molecule has 1 N–H and O–H groups in total. The Morgan fingerprint density at radius 3 is 2.38 bits per heavy atom. The highest BCUT2D eigenvalue weighted by Crippen LogP contribution is 2.26. The van der Waals surface area contributed by atoms with Gasteiger partial charge in [-0.05, 0) is 29.8 Å². The molecular formula is C13H11ClO2. The van der Waals surface area contributed by atoms with Crippen molar-refractivity contribution in [1.29, 1.82) is 0 Å². The van der Waals surface area contributed by atoms with Crippen LogP contribution in [-0.2, 0) is 6.61 Å². The zero-order valence-electron chi connectivity index (χ0n) is 8.56. The lowest BCUT2D eigenvalue weighted by molar-refractivity contribution is 0.282. The zero-order chi connectivity index (χ0) is 11.4. The van der Waals surface area contributed by atoms with Gasteiger partial charge < -0.3 is 9.84 Å². The van der Waals surface area contributed by atoms with Crippen molar-refractivity contribution in [3.8, 4) is 11.5 Å². The quantitative estimate of drug-likeness (QED) is 0.879. The van der Waals surface area contributed by atoms with E-state index in [-0.39, 0.29) is 6.61 Å². The molecule has 0 aliphatic rings. The maximum Gasteiger partial charge on any atom is 0.128 e. The molecule has 0 saturated heterocycles. The average molecular weight is 235 g/mol. The van der Waals surface area contributed by atoms with E-state index in [9.17, 15) is 0 Å². The predicted molar refractivity (Wildman–Crippen MR) is 63.9 cm³/mol. The summed E-state index contributed by atoms with van der Waals surface area (Å²) in [6, 6.07) is 14.7. The molecular weight excluding hydrogens is 224 g/mol. The minimum Gasteiger partial charge on any atom is -0.457 e. The molecule has 0 spiro atoms. The molecule has 16 heavy (non-hydrogen) atoms. The van der Waals surface area contributed by atoms with E-state index >= 15 is 0 Å². The summed E-state index contributed by atoms with van der Waals surface area (Å²) in [6.45, 7) is -0.0650. The van der Waals surface area contributed by atoms with Crippen LogP contribution in [0.25, 0.3) is 0 Å². The van der Waals surface area contributed by atoms with Crippen molar-refractivity contribution in [1.82, 2.24) is 0 Å². The second kappa shape index (κ2) is 5.01. The number of aliphatic hydroxyl groups excluding tert-OH is 1. The van der Waals surface area contributed by atoms with Crippen molar-refractivity contribution < 1.29 is 9.84 Å². The summed E-state index contributed by atoms with van der Waals surface area (Å²) in [4.78, 5) is 0. The number of ether oxygens (including phenoxy) is 1. The standard InChI is InChI=1S/C13H11ClO2/c14-13-8-12(7-6-10(13)9-15)16-11-4-2-1-3-5-11/h1-8,15H,9H2. The van der Waals surface area contributed by atoms with Gasteiger partial charge in [0.2, 0.25) is 0 Å². The highest BCUT2D eigenvalue weighted by molar-refractivity contribution is 6.31. The lowest BCUT2D eigenvalue weighted by Crippen LogP contribution is -1.87. The van der Waals surface area contributed by atoms with E-state index in [0.717, 1.165) is 5.75 Å². The Labute approximate surface area is 99.1 Å². The maximum absolute atomic E-state index is 8.97. The molecule has 0 heterocycles. The van der Waals surface area contributed by atoms with E-state index in [0.29, 0.717) is 16.3 Å². The summed E-state index contributed by atoms with van der Waals surface area (Å²) in [7, 11) is 0. The third-order valence-corrected chi connectivity index (χ3v) is 2.53. The number of rotatable bonds is 3. The fraction of sp³-hybridized carbons (Fsp3) is 0.0769. The van der Waals surface area contributed by atoms with Crippen LogP contribution in [0, 0.1) is 0 Å². The van der Waals surface area contributed by atoms with Crippen LogP contribution in [0.4, 0.5) is 0 Å². The van der Waals surface area contributed by atoms with Gasteiger partial charge in [-0.2, -0.15) is 0 Å². The van der Waals surface area contributed by atoms with Gasteiger partial charge in [0.05, 0.1) is 6.61 Å². The number of aliphatic hydroxyl groups is 1. The first kappa shape index (κ1) is 11.0. The monoisotopic (exact) mass is 234 g/mol. The van der Waals surface area contributed by atoms with E-state index in [1.165, 1.54) is 0 Å². The van der Waals surface area contributed by atoms with Crippen LogP contribution < -0.4 is 4.74 Å². The van der Waals surface area contributed by atoms with Crippen LogP contribution in [0.1, 0.15) is 5.56 Å². The SMILES string of the molecule is OCc1ccc(Oc2ccccc2)cc1Cl. The molecule has 0 atom stereocenters. The average Bonchev–Trinajstić information content (AvgIpc) is 2.31. The fourth-order valence-electron chi connectivity index (χ4n) is 1.34. The van der Waals surface area contributed by atoms with Crippen molar-refractivity contribution in [3.63, 3.8) is 0 Å². The van der Waals surface area contributed by atoms with E-state index < -0.39 is 0 Å². The third kappa shape index (κ3) is 2.54. The summed E-state index contributed by atoms with van der Waals surface area (Å²) < 4.78 is 5.59. The Morgan fingerprint density at radius 2 is 1.75 bits per heavy atom. The molecule has 0 unspecified atom stereocenters. The summed E-state index contributed by atoms with van der Waals surface area (Å²) >= 11 is 5.96. The van der Waals surface area contributed by atoms with Gasteiger partial charge in [-0.3, -0.25) is 0 Å². The van der Waals surface area contributed by atoms with Crippen LogP contribution in [-0.4, -0.2) is 5.11 Å². The fourth-order valence-corrected chi connectivity index (χ4v) is 1.57. The highest BCUT2D eigenvalue weighted by atomic mass is 35.5. The van der Waals surface area contributed by atoms with Gasteiger partial charge in [-0.15, -0.1) is 0 Å². The lowest BCUT2D eigenvalue weighted by Gasteiger charge is -2.07. The first-order valence-electron chi connectivity index (χ1n) is 4.92. The third-order valence-electron chi connectivity index (χ3n) is 2.17. The molecule has 0 aliphatic carbocycles. The van der Waals surface area contributed by atoms with Crippen LogP contribution in [0.15, 0.2) is 48.5 Å². The summed E-state index contributed by atoms with van der Waals surface area (Å²) in [5, 5.41) is 9.48. The van der Waals surface area contributed by atoms with Crippen molar-refractivity contribution in [2.24, 2.45) is 0 Å². The minimum atomic E-state index is -0.0650. The molecule has 0 amide bonds. The Morgan fingerprint density at radius 1 is 1.00 bits per heavy atom. The molecule has 0 bridgehead atoms. The molecule has 2 aromatic rings. The second-order valence-electron chi connectivity index (χ2n) is 3.33. The van der Waals surface area contributed by atoms with Crippen molar-refractivity contribution in [3.05, 3.63) is 59.1 Å². The predicted octanol–water partition coefficient (Wildman–Crippen LogP) is 3.62. The second-order valence-corrected chi connectivity index (χ2v) is 3.73. The van der Waals surface area contributed by atoms with Crippen LogP contribution in [0.3, 0.4) is 0 Å². The van der Waals surface area contributed by atoms with Crippen molar-refractivity contribution >= 4 is 11.6 Å². The van der Waals surface area contributed by atoms with Crippen molar-refractivity contribution in [2.75, 3.05) is 0 Å². The number of halogens is 1. The first-order valence-corrected chi connectivity index (χ1v) is 5.29. The van der Waals surface area contributed by atoms with E-state index in [2.05, 4.69) is 0 Å². The van der Waals surface area contributed by atoms with Gasteiger partial charge in [0.1, 0.15) is 11.5 Å². The van der Waals surface area contributed by atoms with Crippen LogP contribution in [0.2, 0.25) is 5.02 Å². The van der Waals surface area contributed by atoms with Gasteiger partial charge >= 0.3 is 0 Å². The molecule has 0 saturated carbocycles. The minimum absolute atomic E-state index is 0.0650. The number of hydrogen-bond donors (Lipinski definition) is 1. The summed E-state index contributed by atoms with van der Waals surface area (Å²) in [5.41, 5.74) is 0.696. The Bertz CT molecular complexity index is 469. The zero-order valence-corrected chi connectivity index (χ0v) is 9.32. The van der Waals surface area contributed by atoms with Gasteiger partial charge in [0.15, 0.2) is 0 Å².